The highest BCUT2D eigenvalue weighted by molar-refractivity contribution is 5.88. The van der Waals surface area contributed by atoms with Gasteiger partial charge in [0.15, 0.2) is 0 Å². The zero-order valence-corrected chi connectivity index (χ0v) is 10.6. The van der Waals surface area contributed by atoms with Gasteiger partial charge in [0.1, 0.15) is 0 Å². The molecule has 0 saturated carbocycles. The maximum atomic E-state index is 10.8. The second kappa shape index (κ2) is 5.28. The highest BCUT2D eigenvalue weighted by Gasteiger charge is 2.15. The average molecular weight is 251 g/mol. The average Bonchev–Trinajstić information content (AvgIpc) is 2.32. The topological polar surface area (TPSA) is 81.6 Å². The number of rotatable bonds is 3. The van der Waals surface area contributed by atoms with Gasteiger partial charge in [-0.25, -0.2) is 19.8 Å². The van der Waals surface area contributed by atoms with Crippen LogP contribution in [-0.4, -0.2) is 64.2 Å². The molecule has 1 aromatic heterocycles. The largest absolute Gasteiger partial charge is 0.478 e. The summed E-state index contributed by atoms with van der Waals surface area (Å²) in [6.07, 6.45) is 1.34. The Morgan fingerprint density at radius 1 is 1.39 bits per heavy atom. The van der Waals surface area contributed by atoms with Crippen LogP contribution in [0.4, 0.5) is 5.95 Å². The fourth-order valence-corrected chi connectivity index (χ4v) is 1.79. The van der Waals surface area contributed by atoms with E-state index in [1.54, 1.807) is 6.92 Å². The van der Waals surface area contributed by atoms with Crippen molar-refractivity contribution < 1.29 is 9.90 Å². The molecular weight excluding hydrogens is 234 g/mol. The summed E-state index contributed by atoms with van der Waals surface area (Å²) in [4.78, 5) is 21.3. The van der Waals surface area contributed by atoms with Crippen LogP contribution in [0.5, 0.6) is 0 Å². The van der Waals surface area contributed by atoms with Gasteiger partial charge in [-0.1, -0.05) is 0 Å². The summed E-state index contributed by atoms with van der Waals surface area (Å²) in [5, 5.41) is 10.9. The number of carboxylic acid groups (broad SMARTS) is 1. The Morgan fingerprint density at radius 2 is 2.06 bits per heavy atom. The number of hydrogen-bond acceptors (Lipinski definition) is 6. The molecule has 0 aromatic carbocycles. The lowest BCUT2D eigenvalue weighted by Crippen LogP contribution is -2.47. The molecule has 0 atom stereocenters. The van der Waals surface area contributed by atoms with Crippen LogP contribution in [-0.2, 0) is 0 Å². The quantitative estimate of drug-likeness (QED) is 0.786. The number of hydrogen-bond donors (Lipinski definition) is 2. The number of anilines is 1. The Labute approximate surface area is 105 Å². The molecule has 1 aliphatic heterocycles. The third-order valence-corrected chi connectivity index (χ3v) is 2.97. The lowest BCUT2D eigenvalue weighted by Gasteiger charge is -2.32. The fourth-order valence-electron chi connectivity index (χ4n) is 1.79. The molecule has 1 aliphatic rings. The van der Waals surface area contributed by atoms with E-state index in [-0.39, 0.29) is 5.56 Å². The number of aryl methyl sites for hydroxylation is 1. The van der Waals surface area contributed by atoms with Gasteiger partial charge in [0.05, 0.1) is 11.3 Å². The summed E-state index contributed by atoms with van der Waals surface area (Å²) in [5.74, 6) is -0.555. The summed E-state index contributed by atoms with van der Waals surface area (Å²) < 4.78 is 0. The van der Waals surface area contributed by atoms with Gasteiger partial charge < -0.3 is 10.0 Å². The number of likely N-dealkylation sites (N-methyl/N-ethyl adjacent to an activating group) is 1. The summed E-state index contributed by atoms with van der Waals surface area (Å²) in [6.45, 7) is 5.41. The van der Waals surface area contributed by atoms with Crippen molar-refractivity contribution in [3.05, 3.63) is 17.5 Å². The van der Waals surface area contributed by atoms with Gasteiger partial charge in [0.25, 0.3) is 0 Å². The van der Waals surface area contributed by atoms with Crippen LogP contribution in [0.3, 0.4) is 0 Å². The number of carboxylic acids is 1. The van der Waals surface area contributed by atoms with Gasteiger partial charge in [-0.05, 0) is 14.0 Å². The van der Waals surface area contributed by atoms with E-state index in [2.05, 4.69) is 27.3 Å². The first-order valence-electron chi connectivity index (χ1n) is 5.83. The zero-order valence-electron chi connectivity index (χ0n) is 10.6. The minimum Gasteiger partial charge on any atom is -0.478 e. The van der Waals surface area contributed by atoms with Crippen molar-refractivity contribution in [3.63, 3.8) is 0 Å². The van der Waals surface area contributed by atoms with E-state index in [0.29, 0.717) is 11.6 Å². The van der Waals surface area contributed by atoms with Gasteiger partial charge >= 0.3 is 5.97 Å². The molecule has 1 saturated heterocycles. The van der Waals surface area contributed by atoms with E-state index in [1.165, 1.54) is 6.20 Å². The van der Waals surface area contributed by atoms with Crippen molar-refractivity contribution >= 4 is 11.9 Å². The van der Waals surface area contributed by atoms with E-state index >= 15 is 0 Å². The number of hydrazine groups is 1. The molecule has 1 aromatic rings. The highest BCUT2D eigenvalue weighted by Crippen LogP contribution is 2.08. The molecule has 98 valence electrons. The fraction of sp³-hybridized carbons (Fsp3) is 0.545. The third-order valence-electron chi connectivity index (χ3n) is 2.97. The molecule has 0 spiro atoms. The molecule has 7 nitrogen and oxygen atoms in total. The summed E-state index contributed by atoms with van der Waals surface area (Å²) >= 11 is 0. The molecule has 2 heterocycles. The Kier molecular flexibility index (Phi) is 3.73. The molecule has 0 aliphatic carbocycles. The molecule has 0 unspecified atom stereocenters. The van der Waals surface area contributed by atoms with E-state index in [9.17, 15) is 4.79 Å². The van der Waals surface area contributed by atoms with Crippen LogP contribution >= 0.6 is 0 Å². The second-order valence-electron chi connectivity index (χ2n) is 4.40. The Hall–Kier alpha value is -1.73. The molecule has 7 heteroatoms. The van der Waals surface area contributed by atoms with Gasteiger partial charge in [-0.15, -0.1) is 0 Å². The van der Waals surface area contributed by atoms with E-state index in [1.807, 2.05) is 5.01 Å². The number of nitrogens with one attached hydrogen (secondary N) is 1. The second-order valence-corrected chi connectivity index (χ2v) is 4.40. The summed E-state index contributed by atoms with van der Waals surface area (Å²) in [6, 6.07) is 0. The molecule has 0 radical (unpaired) electrons. The predicted molar refractivity (Wildman–Crippen MR) is 66.4 cm³/mol. The predicted octanol–water partition coefficient (Wildman–Crippen LogP) is 0.0575. The number of aromatic nitrogens is 2. The van der Waals surface area contributed by atoms with Crippen LogP contribution in [0, 0.1) is 6.92 Å². The van der Waals surface area contributed by atoms with Gasteiger partial charge in [-0.2, -0.15) is 0 Å². The van der Waals surface area contributed by atoms with Crippen LogP contribution in [0.15, 0.2) is 6.20 Å². The third kappa shape index (κ3) is 2.93. The Balaban J connectivity index is 2.02. The lowest BCUT2D eigenvalue weighted by atomic mass is 10.2. The van der Waals surface area contributed by atoms with Crippen LogP contribution in [0.2, 0.25) is 0 Å². The normalized spacial score (nSPS) is 17.7. The monoisotopic (exact) mass is 251 g/mol. The van der Waals surface area contributed by atoms with Crippen molar-refractivity contribution in [2.45, 2.75) is 6.92 Å². The van der Waals surface area contributed by atoms with Crippen LogP contribution < -0.4 is 5.43 Å². The van der Waals surface area contributed by atoms with Crippen molar-refractivity contribution in [2.24, 2.45) is 0 Å². The number of aromatic carboxylic acids is 1. The zero-order chi connectivity index (χ0) is 13.1. The smallest absolute Gasteiger partial charge is 0.339 e. The summed E-state index contributed by atoms with van der Waals surface area (Å²) in [7, 11) is 2.08. The maximum absolute atomic E-state index is 10.8. The highest BCUT2D eigenvalue weighted by atomic mass is 16.4. The maximum Gasteiger partial charge on any atom is 0.339 e. The van der Waals surface area contributed by atoms with E-state index in [0.717, 1.165) is 26.2 Å². The Bertz CT molecular complexity index is 443. The molecule has 2 N–H and O–H groups in total. The van der Waals surface area contributed by atoms with Crippen molar-refractivity contribution in [1.29, 1.82) is 0 Å². The molecule has 0 bridgehead atoms. The molecular formula is C11H17N5O2. The van der Waals surface area contributed by atoms with Crippen molar-refractivity contribution in [1.82, 2.24) is 19.9 Å². The van der Waals surface area contributed by atoms with E-state index in [4.69, 9.17) is 5.11 Å². The van der Waals surface area contributed by atoms with Crippen LogP contribution in [0.1, 0.15) is 16.1 Å². The Morgan fingerprint density at radius 3 is 2.61 bits per heavy atom. The number of piperazine rings is 1. The van der Waals surface area contributed by atoms with Crippen LogP contribution in [0.25, 0.3) is 0 Å². The van der Waals surface area contributed by atoms with Gasteiger partial charge in [0, 0.05) is 32.4 Å². The van der Waals surface area contributed by atoms with Gasteiger partial charge in [-0.3, -0.25) is 5.43 Å². The standard InChI is InChI=1S/C11H17N5O2/c1-8-9(10(17)18)7-12-11(13-8)14-16-5-3-15(2)4-6-16/h7H,3-6H2,1-2H3,(H,17,18)(H,12,13,14). The molecule has 2 rings (SSSR count). The SMILES string of the molecule is Cc1nc(NN2CCN(C)CC2)ncc1C(=O)O. The first kappa shape index (κ1) is 12.7. The first-order chi connectivity index (χ1) is 8.56. The number of carbonyl (C=O) groups is 1. The molecule has 0 amide bonds. The minimum atomic E-state index is -1.00. The van der Waals surface area contributed by atoms with Gasteiger partial charge in [0.2, 0.25) is 5.95 Å². The molecule has 18 heavy (non-hydrogen) atoms. The first-order valence-corrected chi connectivity index (χ1v) is 5.83. The molecule has 1 fully saturated rings. The lowest BCUT2D eigenvalue weighted by molar-refractivity contribution is 0.0695. The van der Waals surface area contributed by atoms with Crippen molar-refractivity contribution in [3.8, 4) is 0 Å². The van der Waals surface area contributed by atoms with E-state index < -0.39 is 5.97 Å². The number of nitrogens with zero attached hydrogens (tertiary/aromatic N) is 4. The minimum absolute atomic E-state index is 0.138. The van der Waals surface area contributed by atoms with Crippen molar-refractivity contribution in [2.75, 3.05) is 38.7 Å². The summed E-state index contributed by atoms with van der Waals surface area (Å²) in [5.41, 5.74) is 3.70.